The molecule has 0 aromatic rings. The van der Waals surface area contributed by atoms with Crippen LogP contribution in [0.2, 0.25) is 0 Å². The van der Waals surface area contributed by atoms with Gasteiger partial charge in [0.25, 0.3) is 0 Å². The first-order valence-corrected chi connectivity index (χ1v) is 4.03. The van der Waals surface area contributed by atoms with Crippen LogP contribution in [0.25, 0.3) is 0 Å². The Hall–Kier alpha value is 0.0200. The van der Waals surface area contributed by atoms with Crippen molar-refractivity contribution in [2.45, 2.75) is 24.5 Å². The van der Waals surface area contributed by atoms with Gasteiger partial charge in [-0.2, -0.15) is 11.8 Å². The SMILES string of the molecule is O=CCSC1CCC1. The minimum atomic E-state index is 0.699. The van der Waals surface area contributed by atoms with Gasteiger partial charge in [0.15, 0.2) is 0 Å². The summed E-state index contributed by atoms with van der Waals surface area (Å²) in [6.45, 7) is 0. The fraction of sp³-hybridized carbons (Fsp3) is 0.833. The Labute approximate surface area is 53.8 Å². The van der Waals surface area contributed by atoms with E-state index < -0.39 is 0 Å². The van der Waals surface area contributed by atoms with Crippen LogP contribution in [0.4, 0.5) is 0 Å². The van der Waals surface area contributed by atoms with Gasteiger partial charge in [-0.15, -0.1) is 0 Å². The summed E-state index contributed by atoms with van der Waals surface area (Å²) >= 11 is 1.80. The Morgan fingerprint density at radius 1 is 1.62 bits per heavy atom. The van der Waals surface area contributed by atoms with E-state index in [1.165, 1.54) is 19.3 Å². The first kappa shape index (κ1) is 6.14. The van der Waals surface area contributed by atoms with E-state index in [1.807, 2.05) is 0 Å². The second-order valence-corrected chi connectivity index (χ2v) is 3.39. The summed E-state index contributed by atoms with van der Waals surface area (Å²) in [5.74, 6) is 0.699. The number of thioether (sulfide) groups is 1. The Bertz CT molecular complexity index is 78.6. The molecular formula is C6H10OS. The molecule has 0 radical (unpaired) electrons. The molecule has 2 heteroatoms. The van der Waals surface area contributed by atoms with Crippen LogP contribution in [0.5, 0.6) is 0 Å². The van der Waals surface area contributed by atoms with Crippen molar-refractivity contribution >= 4 is 18.0 Å². The maximum atomic E-state index is 9.83. The van der Waals surface area contributed by atoms with Crippen molar-refractivity contribution in [3.05, 3.63) is 0 Å². The third-order valence-corrected chi connectivity index (χ3v) is 2.72. The molecule has 1 aliphatic carbocycles. The minimum Gasteiger partial charge on any atom is -0.302 e. The van der Waals surface area contributed by atoms with E-state index in [0.717, 1.165) is 11.5 Å². The van der Waals surface area contributed by atoms with Crippen LogP contribution in [0.3, 0.4) is 0 Å². The molecule has 0 unspecified atom stereocenters. The Balaban J connectivity index is 1.93. The quantitative estimate of drug-likeness (QED) is 0.538. The van der Waals surface area contributed by atoms with Crippen molar-refractivity contribution < 1.29 is 4.79 Å². The molecule has 0 aromatic heterocycles. The lowest BCUT2D eigenvalue weighted by Gasteiger charge is -2.23. The molecular weight excluding hydrogens is 120 g/mol. The summed E-state index contributed by atoms with van der Waals surface area (Å²) in [6.07, 6.45) is 5.02. The highest BCUT2D eigenvalue weighted by Gasteiger charge is 2.16. The smallest absolute Gasteiger partial charge is 0.129 e. The van der Waals surface area contributed by atoms with Crippen LogP contribution in [0.15, 0.2) is 0 Å². The number of hydrogen-bond acceptors (Lipinski definition) is 2. The van der Waals surface area contributed by atoms with Crippen LogP contribution in [0, 0.1) is 0 Å². The minimum absolute atomic E-state index is 0.699. The second kappa shape index (κ2) is 3.13. The van der Waals surface area contributed by atoms with Crippen molar-refractivity contribution in [1.29, 1.82) is 0 Å². The molecule has 0 heterocycles. The van der Waals surface area contributed by atoms with Crippen LogP contribution in [-0.4, -0.2) is 17.3 Å². The summed E-state index contributed by atoms with van der Waals surface area (Å²) in [7, 11) is 0. The van der Waals surface area contributed by atoms with Gasteiger partial charge < -0.3 is 4.79 Å². The molecule has 1 rings (SSSR count). The van der Waals surface area contributed by atoms with Crippen molar-refractivity contribution in [2.24, 2.45) is 0 Å². The number of rotatable bonds is 3. The zero-order valence-electron chi connectivity index (χ0n) is 4.80. The van der Waals surface area contributed by atoms with Crippen LogP contribution >= 0.6 is 11.8 Å². The summed E-state index contributed by atoms with van der Waals surface area (Å²) < 4.78 is 0. The van der Waals surface area contributed by atoms with Crippen molar-refractivity contribution in [3.63, 3.8) is 0 Å². The third kappa shape index (κ3) is 1.51. The van der Waals surface area contributed by atoms with E-state index in [2.05, 4.69) is 0 Å². The number of carbonyl (C=O) groups excluding carboxylic acids is 1. The molecule has 0 N–H and O–H groups in total. The largest absolute Gasteiger partial charge is 0.302 e. The van der Waals surface area contributed by atoms with E-state index in [0.29, 0.717) is 5.75 Å². The fourth-order valence-corrected chi connectivity index (χ4v) is 1.73. The molecule has 0 aromatic carbocycles. The van der Waals surface area contributed by atoms with Gasteiger partial charge in [-0.1, -0.05) is 6.42 Å². The molecule has 0 aliphatic heterocycles. The fourth-order valence-electron chi connectivity index (χ4n) is 0.713. The van der Waals surface area contributed by atoms with Crippen LogP contribution in [0.1, 0.15) is 19.3 Å². The monoisotopic (exact) mass is 130 g/mol. The molecule has 1 fully saturated rings. The zero-order chi connectivity index (χ0) is 5.82. The molecule has 1 nitrogen and oxygen atoms in total. The summed E-state index contributed by atoms with van der Waals surface area (Å²) in [6, 6.07) is 0. The summed E-state index contributed by atoms with van der Waals surface area (Å²) in [5, 5.41) is 0.820. The maximum Gasteiger partial charge on any atom is 0.129 e. The highest BCUT2D eigenvalue weighted by molar-refractivity contribution is 8.00. The first-order chi connectivity index (χ1) is 3.93. The predicted octanol–water partition coefficient (Wildman–Crippen LogP) is 1.47. The lowest BCUT2D eigenvalue weighted by atomic mass is 10.0. The first-order valence-electron chi connectivity index (χ1n) is 2.98. The van der Waals surface area contributed by atoms with Gasteiger partial charge in [0.05, 0.1) is 0 Å². The highest BCUT2D eigenvalue weighted by Crippen LogP contribution is 2.30. The molecule has 1 saturated carbocycles. The van der Waals surface area contributed by atoms with Crippen molar-refractivity contribution in [1.82, 2.24) is 0 Å². The number of aldehydes is 1. The average Bonchev–Trinajstić information content (AvgIpc) is 1.63. The van der Waals surface area contributed by atoms with Crippen molar-refractivity contribution in [2.75, 3.05) is 5.75 Å². The molecule has 0 spiro atoms. The topological polar surface area (TPSA) is 17.1 Å². The predicted molar refractivity (Wildman–Crippen MR) is 36.2 cm³/mol. The van der Waals surface area contributed by atoms with Crippen LogP contribution < -0.4 is 0 Å². The summed E-state index contributed by atoms with van der Waals surface area (Å²) in [5.41, 5.74) is 0. The molecule has 0 bridgehead atoms. The van der Waals surface area contributed by atoms with E-state index in [9.17, 15) is 4.79 Å². The molecule has 8 heavy (non-hydrogen) atoms. The van der Waals surface area contributed by atoms with Crippen molar-refractivity contribution in [3.8, 4) is 0 Å². The molecule has 0 atom stereocenters. The maximum absolute atomic E-state index is 9.83. The number of hydrogen-bond donors (Lipinski definition) is 0. The third-order valence-electron chi connectivity index (χ3n) is 1.45. The lowest BCUT2D eigenvalue weighted by molar-refractivity contribution is -0.105. The van der Waals surface area contributed by atoms with E-state index >= 15 is 0 Å². The molecule has 0 saturated heterocycles. The molecule has 46 valence electrons. The van der Waals surface area contributed by atoms with Gasteiger partial charge in [0.1, 0.15) is 6.29 Å². The van der Waals surface area contributed by atoms with Crippen LogP contribution in [-0.2, 0) is 4.79 Å². The van der Waals surface area contributed by atoms with Gasteiger partial charge in [-0.05, 0) is 12.8 Å². The van der Waals surface area contributed by atoms with Gasteiger partial charge in [0.2, 0.25) is 0 Å². The normalized spacial score (nSPS) is 20.0. The molecule has 1 aliphatic rings. The van der Waals surface area contributed by atoms with Gasteiger partial charge in [0, 0.05) is 11.0 Å². The lowest BCUT2D eigenvalue weighted by Crippen LogP contribution is -2.13. The van der Waals surface area contributed by atoms with E-state index in [4.69, 9.17) is 0 Å². The van der Waals surface area contributed by atoms with Gasteiger partial charge in [-0.25, -0.2) is 0 Å². The summed E-state index contributed by atoms with van der Waals surface area (Å²) in [4.78, 5) is 9.83. The van der Waals surface area contributed by atoms with E-state index in [-0.39, 0.29) is 0 Å². The molecule has 0 amide bonds. The zero-order valence-corrected chi connectivity index (χ0v) is 5.62. The Morgan fingerprint density at radius 3 is 2.75 bits per heavy atom. The van der Waals surface area contributed by atoms with E-state index in [1.54, 1.807) is 11.8 Å². The second-order valence-electron chi connectivity index (χ2n) is 2.05. The van der Waals surface area contributed by atoms with Gasteiger partial charge in [-0.3, -0.25) is 0 Å². The number of carbonyl (C=O) groups is 1. The van der Waals surface area contributed by atoms with Gasteiger partial charge >= 0.3 is 0 Å². The Kier molecular flexibility index (Phi) is 2.40. The average molecular weight is 130 g/mol. The standard InChI is InChI=1S/C6H10OS/c7-4-5-8-6-2-1-3-6/h4,6H,1-3,5H2. The highest BCUT2D eigenvalue weighted by atomic mass is 32.2. The Morgan fingerprint density at radius 2 is 2.38 bits per heavy atom.